The molecule has 0 heterocycles. The van der Waals surface area contributed by atoms with Crippen LogP contribution in [0, 0.1) is 6.92 Å². The van der Waals surface area contributed by atoms with Crippen molar-refractivity contribution in [2.45, 2.75) is 40.2 Å². The zero-order valence-electron chi connectivity index (χ0n) is 16.2. The van der Waals surface area contributed by atoms with Crippen LogP contribution in [0.3, 0.4) is 0 Å². The lowest BCUT2D eigenvalue weighted by atomic mass is 10.2. The lowest BCUT2D eigenvalue weighted by Crippen LogP contribution is -2.33. The molecule has 0 spiro atoms. The molecule has 144 valence electrons. The second-order valence-electron chi connectivity index (χ2n) is 6.22. The Kier molecular flexibility index (Phi) is 7.23. The second-order valence-corrected chi connectivity index (χ2v) is 6.22. The summed E-state index contributed by atoms with van der Waals surface area (Å²) >= 11 is 0. The third kappa shape index (κ3) is 6.02. The van der Waals surface area contributed by atoms with Crippen molar-refractivity contribution in [1.82, 2.24) is 0 Å². The maximum atomic E-state index is 12.5. The van der Waals surface area contributed by atoms with E-state index in [0.29, 0.717) is 18.0 Å². The molecule has 1 atom stereocenters. The Balaban J connectivity index is 2.04. The molecule has 0 aliphatic heterocycles. The van der Waals surface area contributed by atoms with Crippen molar-refractivity contribution in [2.24, 2.45) is 0 Å². The number of benzene rings is 2. The third-order valence-corrected chi connectivity index (χ3v) is 4.05. The molecule has 0 saturated heterocycles. The maximum absolute atomic E-state index is 12.5. The van der Waals surface area contributed by atoms with Gasteiger partial charge in [0, 0.05) is 24.0 Å². The number of rotatable bonds is 6. The summed E-state index contributed by atoms with van der Waals surface area (Å²) in [5.41, 5.74) is 2.37. The van der Waals surface area contributed by atoms with Crippen LogP contribution in [0.4, 0.5) is 21.0 Å². The minimum absolute atomic E-state index is 0.168. The molecular weight excluding hydrogens is 344 g/mol. The van der Waals surface area contributed by atoms with Crippen LogP contribution in [-0.2, 0) is 4.74 Å². The topological polar surface area (TPSA) is 67.9 Å². The first-order chi connectivity index (χ1) is 12.9. The standard InChI is InChI=1S/C21H26N2O4/c1-5-16(4)26-20(24)22-17-8-7-9-19(14-17)27-21(25)23(6-2)18-12-10-15(3)11-13-18/h7-14,16H,5-6H2,1-4H3,(H,22,24). The fourth-order valence-corrected chi connectivity index (χ4v) is 2.35. The zero-order valence-corrected chi connectivity index (χ0v) is 16.2. The third-order valence-electron chi connectivity index (χ3n) is 4.05. The van der Waals surface area contributed by atoms with E-state index < -0.39 is 12.2 Å². The number of carbonyl (C=O) groups is 2. The number of hydrogen-bond acceptors (Lipinski definition) is 4. The van der Waals surface area contributed by atoms with Crippen LogP contribution in [0.15, 0.2) is 48.5 Å². The number of anilines is 2. The highest BCUT2D eigenvalue weighted by molar-refractivity contribution is 5.89. The first kappa shape index (κ1) is 20.3. The maximum Gasteiger partial charge on any atom is 0.419 e. The van der Waals surface area contributed by atoms with Gasteiger partial charge in [0.1, 0.15) is 11.9 Å². The number of ether oxygens (including phenoxy) is 2. The Labute approximate surface area is 160 Å². The van der Waals surface area contributed by atoms with Crippen LogP contribution in [0.5, 0.6) is 5.75 Å². The molecule has 0 aliphatic rings. The fourth-order valence-electron chi connectivity index (χ4n) is 2.35. The van der Waals surface area contributed by atoms with E-state index in [1.807, 2.05) is 52.0 Å². The lowest BCUT2D eigenvalue weighted by Gasteiger charge is -2.20. The number of nitrogens with zero attached hydrogens (tertiary/aromatic N) is 1. The fraction of sp³-hybridized carbons (Fsp3) is 0.333. The van der Waals surface area contributed by atoms with Crippen molar-refractivity contribution in [2.75, 3.05) is 16.8 Å². The average molecular weight is 370 g/mol. The van der Waals surface area contributed by atoms with Gasteiger partial charge < -0.3 is 9.47 Å². The van der Waals surface area contributed by atoms with Crippen LogP contribution < -0.4 is 15.0 Å². The van der Waals surface area contributed by atoms with Crippen LogP contribution in [0.25, 0.3) is 0 Å². The number of nitrogens with one attached hydrogen (secondary N) is 1. The molecule has 27 heavy (non-hydrogen) atoms. The Morgan fingerprint density at radius 3 is 2.44 bits per heavy atom. The van der Waals surface area contributed by atoms with Gasteiger partial charge in [-0.2, -0.15) is 0 Å². The quantitative estimate of drug-likeness (QED) is 0.742. The molecule has 2 amide bonds. The number of hydrogen-bond donors (Lipinski definition) is 1. The van der Waals surface area contributed by atoms with Gasteiger partial charge in [-0.15, -0.1) is 0 Å². The first-order valence-corrected chi connectivity index (χ1v) is 9.06. The van der Waals surface area contributed by atoms with Gasteiger partial charge in [-0.1, -0.05) is 30.7 Å². The minimum atomic E-state index is -0.539. The predicted molar refractivity (Wildman–Crippen MR) is 107 cm³/mol. The van der Waals surface area contributed by atoms with Crippen molar-refractivity contribution in [1.29, 1.82) is 0 Å². The molecule has 0 bridgehead atoms. The Bertz CT molecular complexity index is 774. The molecule has 0 aliphatic carbocycles. The summed E-state index contributed by atoms with van der Waals surface area (Å²) in [6.07, 6.45) is -0.460. The average Bonchev–Trinajstić information content (AvgIpc) is 2.64. The van der Waals surface area contributed by atoms with E-state index in [9.17, 15) is 9.59 Å². The summed E-state index contributed by atoms with van der Waals surface area (Å²) in [5, 5.41) is 2.64. The van der Waals surface area contributed by atoms with Gasteiger partial charge in [0.15, 0.2) is 0 Å². The monoisotopic (exact) mass is 370 g/mol. The number of carbonyl (C=O) groups excluding carboxylic acids is 2. The van der Waals surface area contributed by atoms with E-state index in [4.69, 9.17) is 9.47 Å². The molecule has 1 unspecified atom stereocenters. The van der Waals surface area contributed by atoms with Crippen molar-refractivity contribution in [3.8, 4) is 5.75 Å². The molecule has 0 aromatic heterocycles. The largest absolute Gasteiger partial charge is 0.446 e. The molecule has 0 fully saturated rings. The Morgan fingerprint density at radius 1 is 1.11 bits per heavy atom. The molecule has 6 nitrogen and oxygen atoms in total. The van der Waals surface area contributed by atoms with Crippen LogP contribution in [0.1, 0.15) is 32.8 Å². The van der Waals surface area contributed by atoms with E-state index in [1.165, 1.54) is 4.90 Å². The SMILES string of the molecule is CCC(C)OC(=O)Nc1cccc(OC(=O)N(CC)c2ccc(C)cc2)c1. The zero-order chi connectivity index (χ0) is 19.8. The summed E-state index contributed by atoms with van der Waals surface area (Å²) in [7, 11) is 0. The molecule has 2 aromatic carbocycles. The van der Waals surface area contributed by atoms with Crippen LogP contribution in [0.2, 0.25) is 0 Å². The van der Waals surface area contributed by atoms with Crippen LogP contribution >= 0.6 is 0 Å². The highest BCUT2D eigenvalue weighted by Crippen LogP contribution is 2.21. The number of aryl methyl sites for hydroxylation is 1. The summed E-state index contributed by atoms with van der Waals surface area (Å²) < 4.78 is 10.7. The van der Waals surface area contributed by atoms with E-state index in [-0.39, 0.29) is 6.10 Å². The van der Waals surface area contributed by atoms with Gasteiger partial charge in [-0.25, -0.2) is 9.59 Å². The Hall–Kier alpha value is -3.02. The van der Waals surface area contributed by atoms with Gasteiger partial charge in [0.25, 0.3) is 0 Å². The molecular formula is C21H26N2O4. The number of amides is 2. The molecule has 0 saturated carbocycles. The van der Waals surface area contributed by atoms with Gasteiger partial charge in [-0.3, -0.25) is 10.2 Å². The molecule has 2 aromatic rings. The second kappa shape index (κ2) is 9.62. The van der Waals surface area contributed by atoms with Gasteiger partial charge >= 0.3 is 12.2 Å². The normalized spacial score (nSPS) is 11.4. The minimum Gasteiger partial charge on any atom is -0.446 e. The summed E-state index contributed by atoms with van der Waals surface area (Å²) in [6.45, 7) is 8.10. The summed E-state index contributed by atoms with van der Waals surface area (Å²) in [6, 6.07) is 14.3. The molecule has 1 N–H and O–H groups in total. The highest BCUT2D eigenvalue weighted by atomic mass is 16.6. The van der Waals surface area contributed by atoms with E-state index in [1.54, 1.807) is 24.3 Å². The molecule has 0 radical (unpaired) electrons. The van der Waals surface area contributed by atoms with Gasteiger partial charge in [0.05, 0.1) is 0 Å². The van der Waals surface area contributed by atoms with E-state index in [2.05, 4.69) is 5.32 Å². The lowest BCUT2D eigenvalue weighted by molar-refractivity contribution is 0.118. The van der Waals surface area contributed by atoms with Gasteiger partial charge in [0.2, 0.25) is 0 Å². The smallest absolute Gasteiger partial charge is 0.419 e. The van der Waals surface area contributed by atoms with E-state index >= 15 is 0 Å². The van der Waals surface area contributed by atoms with Gasteiger partial charge in [-0.05, 0) is 51.5 Å². The molecule has 6 heteroatoms. The summed E-state index contributed by atoms with van der Waals surface area (Å²) in [5.74, 6) is 0.340. The highest BCUT2D eigenvalue weighted by Gasteiger charge is 2.16. The van der Waals surface area contributed by atoms with Crippen LogP contribution in [-0.4, -0.2) is 24.8 Å². The van der Waals surface area contributed by atoms with Crippen molar-refractivity contribution in [3.05, 3.63) is 54.1 Å². The Morgan fingerprint density at radius 2 is 1.81 bits per heavy atom. The van der Waals surface area contributed by atoms with E-state index in [0.717, 1.165) is 17.7 Å². The van der Waals surface area contributed by atoms with Crippen molar-refractivity contribution in [3.63, 3.8) is 0 Å². The summed E-state index contributed by atoms with van der Waals surface area (Å²) in [4.78, 5) is 25.9. The molecule has 2 rings (SSSR count). The van der Waals surface area contributed by atoms with Crippen molar-refractivity contribution >= 4 is 23.6 Å². The predicted octanol–water partition coefficient (Wildman–Crippen LogP) is 5.37. The first-order valence-electron chi connectivity index (χ1n) is 9.06. The van der Waals surface area contributed by atoms with Crippen molar-refractivity contribution < 1.29 is 19.1 Å².